The Morgan fingerprint density at radius 2 is 2.13 bits per heavy atom. The maximum atomic E-state index is 5.63. The van der Waals surface area contributed by atoms with Gasteiger partial charge in [0.1, 0.15) is 0 Å². The minimum absolute atomic E-state index is 0.299. The fraction of sp³-hybridized carbons (Fsp3) is 0.583. The van der Waals surface area contributed by atoms with Crippen molar-refractivity contribution in [3.8, 4) is 0 Å². The molecule has 0 fully saturated rings. The first-order chi connectivity index (χ1) is 7.33. The second-order valence-electron chi connectivity index (χ2n) is 3.70. The molecule has 0 amide bonds. The molecule has 1 atom stereocenters. The average molecular weight is 208 g/mol. The zero-order chi connectivity index (χ0) is 10.9. The van der Waals surface area contributed by atoms with E-state index in [1.54, 1.807) is 0 Å². The Labute approximate surface area is 91.9 Å². The third-order valence-electron chi connectivity index (χ3n) is 2.25. The van der Waals surface area contributed by atoms with Gasteiger partial charge in [-0.05, 0) is 44.5 Å². The summed E-state index contributed by atoms with van der Waals surface area (Å²) in [5.74, 6) is 0. The highest BCUT2D eigenvalue weighted by atomic mass is 16.5. The van der Waals surface area contributed by atoms with Gasteiger partial charge in [0.2, 0.25) is 0 Å². The molecule has 0 aliphatic rings. The summed E-state index contributed by atoms with van der Waals surface area (Å²) in [6.45, 7) is 3.82. The van der Waals surface area contributed by atoms with Gasteiger partial charge in [0.15, 0.2) is 0 Å². The van der Waals surface area contributed by atoms with Crippen LogP contribution < -0.4 is 5.32 Å². The predicted octanol–water partition coefficient (Wildman–Crippen LogP) is 1.64. The van der Waals surface area contributed by atoms with E-state index in [-0.39, 0.29) is 0 Å². The fourth-order valence-electron chi connectivity index (χ4n) is 1.46. The molecule has 3 nitrogen and oxygen atoms in total. The molecule has 84 valence electrons. The summed E-state index contributed by atoms with van der Waals surface area (Å²) in [5.41, 5.74) is 1.33. The SMILES string of the molecule is CNCC(C)OCCCc1ccncc1. The van der Waals surface area contributed by atoms with Crippen molar-refractivity contribution < 1.29 is 4.74 Å². The van der Waals surface area contributed by atoms with E-state index in [9.17, 15) is 0 Å². The third kappa shape index (κ3) is 5.50. The molecule has 0 aromatic carbocycles. The van der Waals surface area contributed by atoms with E-state index in [4.69, 9.17) is 4.74 Å². The smallest absolute Gasteiger partial charge is 0.0671 e. The van der Waals surface area contributed by atoms with Crippen LogP contribution in [0.4, 0.5) is 0 Å². The minimum atomic E-state index is 0.299. The second-order valence-corrected chi connectivity index (χ2v) is 3.70. The Kier molecular flexibility index (Phi) is 5.97. The molecule has 0 radical (unpaired) electrons. The van der Waals surface area contributed by atoms with Gasteiger partial charge in [0.05, 0.1) is 6.10 Å². The molecule has 0 saturated heterocycles. The zero-order valence-corrected chi connectivity index (χ0v) is 9.57. The van der Waals surface area contributed by atoms with Crippen LogP contribution in [0, 0.1) is 0 Å². The lowest BCUT2D eigenvalue weighted by Gasteiger charge is -2.11. The Hall–Kier alpha value is -0.930. The molecule has 0 saturated carbocycles. The van der Waals surface area contributed by atoms with E-state index in [2.05, 4.69) is 29.4 Å². The lowest BCUT2D eigenvalue weighted by atomic mass is 10.1. The van der Waals surface area contributed by atoms with Crippen LogP contribution in [-0.2, 0) is 11.2 Å². The highest BCUT2D eigenvalue weighted by Crippen LogP contribution is 2.01. The number of pyridine rings is 1. The first-order valence-corrected chi connectivity index (χ1v) is 5.48. The minimum Gasteiger partial charge on any atom is -0.377 e. The van der Waals surface area contributed by atoms with E-state index in [1.165, 1.54) is 5.56 Å². The fourth-order valence-corrected chi connectivity index (χ4v) is 1.46. The molecule has 1 unspecified atom stereocenters. The van der Waals surface area contributed by atoms with Gasteiger partial charge in [-0.15, -0.1) is 0 Å². The molecule has 0 spiro atoms. The van der Waals surface area contributed by atoms with Gasteiger partial charge in [-0.1, -0.05) is 0 Å². The van der Waals surface area contributed by atoms with Crippen LogP contribution in [0.2, 0.25) is 0 Å². The Morgan fingerprint density at radius 1 is 1.40 bits per heavy atom. The average Bonchev–Trinajstić information content (AvgIpc) is 2.26. The van der Waals surface area contributed by atoms with Crippen molar-refractivity contribution in [2.45, 2.75) is 25.9 Å². The number of ether oxygens (including phenoxy) is 1. The summed E-state index contributed by atoms with van der Waals surface area (Å²) in [4.78, 5) is 3.99. The molecule has 1 heterocycles. The van der Waals surface area contributed by atoms with Crippen molar-refractivity contribution in [1.29, 1.82) is 0 Å². The molecular weight excluding hydrogens is 188 g/mol. The van der Waals surface area contributed by atoms with E-state index in [1.807, 2.05) is 19.4 Å². The summed E-state index contributed by atoms with van der Waals surface area (Å²) in [6, 6.07) is 4.11. The lowest BCUT2D eigenvalue weighted by molar-refractivity contribution is 0.0657. The molecule has 1 aromatic rings. The predicted molar refractivity (Wildman–Crippen MR) is 61.9 cm³/mol. The molecule has 3 heteroatoms. The number of aryl methyl sites for hydroxylation is 1. The van der Waals surface area contributed by atoms with Crippen LogP contribution in [0.1, 0.15) is 18.9 Å². The number of aromatic nitrogens is 1. The Balaban J connectivity index is 2.07. The van der Waals surface area contributed by atoms with E-state index < -0.39 is 0 Å². The number of rotatable bonds is 7. The third-order valence-corrected chi connectivity index (χ3v) is 2.25. The summed E-state index contributed by atoms with van der Waals surface area (Å²) in [5, 5.41) is 3.09. The number of likely N-dealkylation sites (N-methyl/N-ethyl adjacent to an activating group) is 1. The first kappa shape index (κ1) is 12.1. The molecule has 0 aliphatic heterocycles. The second kappa shape index (κ2) is 7.37. The van der Waals surface area contributed by atoms with Crippen LogP contribution in [-0.4, -0.2) is 31.3 Å². The van der Waals surface area contributed by atoms with Crippen LogP contribution in [0.25, 0.3) is 0 Å². The summed E-state index contributed by atoms with van der Waals surface area (Å²) in [7, 11) is 1.94. The molecule has 0 bridgehead atoms. The summed E-state index contributed by atoms with van der Waals surface area (Å²) >= 11 is 0. The maximum absolute atomic E-state index is 5.63. The van der Waals surface area contributed by atoms with Crippen LogP contribution >= 0.6 is 0 Å². The van der Waals surface area contributed by atoms with Crippen LogP contribution in [0.3, 0.4) is 0 Å². The van der Waals surface area contributed by atoms with E-state index in [0.717, 1.165) is 26.0 Å². The van der Waals surface area contributed by atoms with Gasteiger partial charge in [-0.3, -0.25) is 4.98 Å². The molecule has 1 N–H and O–H groups in total. The normalized spacial score (nSPS) is 12.7. The van der Waals surface area contributed by atoms with Crippen molar-refractivity contribution in [3.05, 3.63) is 30.1 Å². The molecular formula is C12H20N2O. The first-order valence-electron chi connectivity index (χ1n) is 5.48. The van der Waals surface area contributed by atoms with Crippen LogP contribution in [0.5, 0.6) is 0 Å². The highest BCUT2D eigenvalue weighted by molar-refractivity contribution is 5.09. The Morgan fingerprint density at radius 3 is 2.80 bits per heavy atom. The molecule has 1 aromatic heterocycles. The van der Waals surface area contributed by atoms with Crippen molar-refractivity contribution >= 4 is 0 Å². The van der Waals surface area contributed by atoms with Gasteiger partial charge < -0.3 is 10.1 Å². The van der Waals surface area contributed by atoms with Crippen molar-refractivity contribution in [2.75, 3.05) is 20.2 Å². The van der Waals surface area contributed by atoms with Gasteiger partial charge in [-0.2, -0.15) is 0 Å². The summed E-state index contributed by atoms with van der Waals surface area (Å²) in [6.07, 6.45) is 6.10. The zero-order valence-electron chi connectivity index (χ0n) is 9.57. The highest BCUT2D eigenvalue weighted by Gasteiger charge is 1.99. The van der Waals surface area contributed by atoms with Gasteiger partial charge >= 0.3 is 0 Å². The van der Waals surface area contributed by atoms with E-state index in [0.29, 0.717) is 6.10 Å². The number of nitrogens with one attached hydrogen (secondary N) is 1. The monoisotopic (exact) mass is 208 g/mol. The van der Waals surface area contributed by atoms with Crippen molar-refractivity contribution in [3.63, 3.8) is 0 Å². The van der Waals surface area contributed by atoms with Gasteiger partial charge in [0, 0.05) is 25.5 Å². The molecule has 0 aliphatic carbocycles. The van der Waals surface area contributed by atoms with Crippen molar-refractivity contribution in [1.82, 2.24) is 10.3 Å². The van der Waals surface area contributed by atoms with Crippen molar-refractivity contribution in [2.24, 2.45) is 0 Å². The van der Waals surface area contributed by atoms with Gasteiger partial charge in [0.25, 0.3) is 0 Å². The quantitative estimate of drug-likeness (QED) is 0.692. The summed E-state index contributed by atoms with van der Waals surface area (Å²) < 4.78 is 5.63. The standard InChI is InChI=1S/C12H20N2O/c1-11(10-13-2)15-9-3-4-12-5-7-14-8-6-12/h5-8,11,13H,3-4,9-10H2,1-2H3. The number of hydrogen-bond acceptors (Lipinski definition) is 3. The van der Waals surface area contributed by atoms with Gasteiger partial charge in [-0.25, -0.2) is 0 Å². The number of nitrogens with zero attached hydrogens (tertiary/aromatic N) is 1. The Bertz CT molecular complexity index is 251. The topological polar surface area (TPSA) is 34.1 Å². The van der Waals surface area contributed by atoms with Crippen LogP contribution in [0.15, 0.2) is 24.5 Å². The lowest BCUT2D eigenvalue weighted by Crippen LogP contribution is -2.24. The van der Waals surface area contributed by atoms with E-state index >= 15 is 0 Å². The molecule has 1 rings (SSSR count). The largest absolute Gasteiger partial charge is 0.377 e. The molecule has 15 heavy (non-hydrogen) atoms. The number of hydrogen-bond donors (Lipinski definition) is 1. The maximum Gasteiger partial charge on any atom is 0.0671 e.